The lowest BCUT2D eigenvalue weighted by molar-refractivity contribution is -0.117. The van der Waals surface area contributed by atoms with Crippen LogP contribution in [0.1, 0.15) is 36.2 Å². The minimum absolute atomic E-state index is 0.0592. The molecule has 0 aliphatic rings. The van der Waals surface area contributed by atoms with Crippen molar-refractivity contribution in [2.75, 3.05) is 16.8 Å². The summed E-state index contributed by atoms with van der Waals surface area (Å²) in [4.78, 5) is 37.0. The molecule has 2 aromatic rings. The molecule has 132 valence electrons. The molecule has 0 aliphatic heterocycles. The first kappa shape index (κ1) is 18.9. The molecule has 2 rings (SSSR count). The highest BCUT2D eigenvalue weighted by Gasteiger charge is 2.16. The highest BCUT2D eigenvalue weighted by molar-refractivity contribution is 5.98. The summed E-state index contributed by atoms with van der Waals surface area (Å²) < 4.78 is 0. The van der Waals surface area contributed by atoms with E-state index >= 15 is 0 Å². The van der Waals surface area contributed by atoms with Crippen LogP contribution in [0.15, 0.2) is 48.5 Å². The fraction of sp³-hybridized carbons (Fsp3) is 0.200. The van der Waals surface area contributed by atoms with E-state index < -0.39 is 0 Å². The summed E-state index contributed by atoms with van der Waals surface area (Å²) >= 11 is 0. The molecule has 6 nitrogen and oxygen atoms in total. The molecular weight excluding hydrogens is 330 g/mol. The van der Waals surface area contributed by atoms with Gasteiger partial charge >= 0.3 is 0 Å². The highest BCUT2D eigenvalue weighted by Crippen LogP contribution is 2.20. The molecule has 26 heavy (non-hydrogen) atoms. The molecule has 2 aromatic carbocycles. The number of ketones is 1. The summed E-state index contributed by atoms with van der Waals surface area (Å²) in [5.41, 5.74) is 1.89. The van der Waals surface area contributed by atoms with Crippen molar-refractivity contribution in [1.82, 2.24) is 0 Å². The Bertz CT molecular complexity index is 884. The number of nitriles is 1. The van der Waals surface area contributed by atoms with Gasteiger partial charge in [-0.25, -0.2) is 0 Å². The quantitative estimate of drug-likeness (QED) is 0.811. The molecule has 6 heteroatoms. The van der Waals surface area contributed by atoms with Gasteiger partial charge in [0, 0.05) is 31.1 Å². The Labute approximate surface area is 152 Å². The van der Waals surface area contributed by atoms with Crippen LogP contribution in [0, 0.1) is 11.3 Å². The first-order chi connectivity index (χ1) is 12.4. The number of carbonyl (C=O) groups excluding carboxylic acids is 3. The predicted octanol–water partition coefficient (Wildman–Crippen LogP) is 3.14. The van der Waals surface area contributed by atoms with Crippen molar-refractivity contribution in [2.24, 2.45) is 0 Å². The van der Waals surface area contributed by atoms with Crippen LogP contribution in [0.3, 0.4) is 0 Å². The number of rotatable bonds is 6. The topological polar surface area (TPSA) is 90.3 Å². The van der Waals surface area contributed by atoms with Crippen LogP contribution in [-0.2, 0) is 9.59 Å². The second-order valence-electron chi connectivity index (χ2n) is 5.73. The molecule has 1 N–H and O–H groups in total. The van der Waals surface area contributed by atoms with Crippen LogP contribution >= 0.6 is 0 Å². The fourth-order valence-electron chi connectivity index (χ4n) is 2.50. The molecule has 2 amide bonds. The summed E-state index contributed by atoms with van der Waals surface area (Å²) in [6.45, 7) is 2.99. The normalized spacial score (nSPS) is 9.88. The van der Waals surface area contributed by atoms with E-state index in [4.69, 9.17) is 0 Å². The molecule has 0 heterocycles. The monoisotopic (exact) mass is 349 g/mol. The number of amides is 2. The maximum absolute atomic E-state index is 12.2. The van der Waals surface area contributed by atoms with Crippen molar-refractivity contribution in [3.05, 3.63) is 59.7 Å². The van der Waals surface area contributed by atoms with E-state index in [0.29, 0.717) is 22.5 Å². The van der Waals surface area contributed by atoms with Crippen LogP contribution < -0.4 is 10.2 Å². The smallest absolute Gasteiger partial charge is 0.226 e. The molecule has 0 spiro atoms. The molecule has 0 unspecified atom stereocenters. The van der Waals surface area contributed by atoms with Crippen molar-refractivity contribution in [3.8, 4) is 6.07 Å². The fourth-order valence-corrected chi connectivity index (χ4v) is 2.50. The van der Waals surface area contributed by atoms with Crippen molar-refractivity contribution >= 4 is 29.0 Å². The number of nitrogens with zero attached hydrogens (tertiary/aromatic N) is 2. The number of benzene rings is 2. The standard InChI is InChI=1S/C20H19N3O3/c1-14(24)16-7-5-8-18(12-16)22-20(26)10-11-23(15(2)25)19-9-4-3-6-17(19)13-21/h3-9,12H,10-11H2,1-2H3,(H,22,26). The average Bonchev–Trinajstić information content (AvgIpc) is 2.62. The van der Waals surface area contributed by atoms with E-state index in [9.17, 15) is 19.6 Å². The van der Waals surface area contributed by atoms with Gasteiger partial charge in [-0.3, -0.25) is 14.4 Å². The molecule has 0 bridgehead atoms. The Hall–Kier alpha value is -3.46. The molecule has 0 atom stereocenters. The van der Waals surface area contributed by atoms with Gasteiger partial charge in [0.15, 0.2) is 5.78 Å². The lowest BCUT2D eigenvalue weighted by atomic mass is 10.1. The number of para-hydroxylation sites is 1. The summed E-state index contributed by atoms with van der Waals surface area (Å²) in [5, 5.41) is 11.9. The van der Waals surface area contributed by atoms with Gasteiger partial charge in [0.2, 0.25) is 11.8 Å². The average molecular weight is 349 g/mol. The third-order valence-electron chi connectivity index (χ3n) is 3.81. The number of anilines is 2. The molecule has 0 saturated carbocycles. The van der Waals surface area contributed by atoms with Crippen LogP contribution in [-0.4, -0.2) is 24.1 Å². The Morgan fingerprint density at radius 2 is 1.81 bits per heavy atom. The van der Waals surface area contributed by atoms with E-state index in [1.807, 2.05) is 6.07 Å². The Kier molecular flexibility index (Phi) is 6.23. The van der Waals surface area contributed by atoms with E-state index in [1.54, 1.807) is 48.5 Å². The zero-order valence-electron chi connectivity index (χ0n) is 14.7. The molecule has 0 radical (unpaired) electrons. The van der Waals surface area contributed by atoms with Crippen molar-refractivity contribution in [1.29, 1.82) is 5.26 Å². The van der Waals surface area contributed by atoms with Crippen LogP contribution in [0.4, 0.5) is 11.4 Å². The van der Waals surface area contributed by atoms with Crippen molar-refractivity contribution in [3.63, 3.8) is 0 Å². The second-order valence-corrected chi connectivity index (χ2v) is 5.73. The van der Waals surface area contributed by atoms with E-state index in [0.717, 1.165) is 0 Å². The lowest BCUT2D eigenvalue weighted by Crippen LogP contribution is -2.32. The maximum Gasteiger partial charge on any atom is 0.226 e. The van der Waals surface area contributed by atoms with E-state index in [1.165, 1.54) is 18.7 Å². The van der Waals surface area contributed by atoms with Gasteiger partial charge in [-0.05, 0) is 31.2 Å². The number of hydrogen-bond acceptors (Lipinski definition) is 4. The Balaban J connectivity index is 2.06. The number of Topliss-reactive ketones (excluding diaryl/α,β-unsaturated/α-hetero) is 1. The van der Waals surface area contributed by atoms with Gasteiger partial charge in [-0.15, -0.1) is 0 Å². The molecular formula is C20H19N3O3. The van der Waals surface area contributed by atoms with Crippen LogP contribution in [0.25, 0.3) is 0 Å². The largest absolute Gasteiger partial charge is 0.326 e. The summed E-state index contributed by atoms with van der Waals surface area (Å²) in [6, 6.07) is 15.5. The third-order valence-corrected chi connectivity index (χ3v) is 3.81. The van der Waals surface area contributed by atoms with Gasteiger partial charge in [0.05, 0.1) is 11.3 Å². The zero-order chi connectivity index (χ0) is 19.1. The van der Waals surface area contributed by atoms with Crippen molar-refractivity contribution < 1.29 is 14.4 Å². The van der Waals surface area contributed by atoms with Gasteiger partial charge in [0.1, 0.15) is 6.07 Å². The predicted molar refractivity (Wildman–Crippen MR) is 98.9 cm³/mol. The molecule has 0 aromatic heterocycles. The van der Waals surface area contributed by atoms with Gasteiger partial charge in [-0.1, -0.05) is 24.3 Å². The minimum Gasteiger partial charge on any atom is -0.326 e. The second kappa shape index (κ2) is 8.58. The molecule has 0 aliphatic carbocycles. The minimum atomic E-state index is -0.286. The third kappa shape index (κ3) is 4.77. The van der Waals surface area contributed by atoms with Gasteiger partial charge in [0.25, 0.3) is 0 Å². The maximum atomic E-state index is 12.2. The number of hydrogen-bond donors (Lipinski definition) is 1. The molecule has 0 fully saturated rings. The molecule has 0 saturated heterocycles. The SMILES string of the molecule is CC(=O)c1cccc(NC(=O)CCN(C(C)=O)c2ccccc2C#N)c1. The summed E-state index contributed by atoms with van der Waals surface area (Å²) in [7, 11) is 0. The van der Waals surface area contributed by atoms with E-state index in [2.05, 4.69) is 5.32 Å². The van der Waals surface area contributed by atoms with Crippen molar-refractivity contribution in [2.45, 2.75) is 20.3 Å². The van der Waals surface area contributed by atoms with Gasteiger partial charge in [-0.2, -0.15) is 5.26 Å². The Morgan fingerprint density at radius 3 is 2.46 bits per heavy atom. The zero-order valence-corrected chi connectivity index (χ0v) is 14.7. The van der Waals surface area contributed by atoms with Crippen LogP contribution in [0.2, 0.25) is 0 Å². The first-order valence-electron chi connectivity index (χ1n) is 8.10. The summed E-state index contributed by atoms with van der Waals surface area (Å²) in [6.07, 6.45) is 0.0592. The summed E-state index contributed by atoms with van der Waals surface area (Å²) in [5.74, 6) is -0.623. The number of carbonyl (C=O) groups is 3. The van der Waals surface area contributed by atoms with Crippen LogP contribution in [0.5, 0.6) is 0 Å². The highest BCUT2D eigenvalue weighted by atomic mass is 16.2. The first-order valence-corrected chi connectivity index (χ1v) is 8.10. The van der Waals surface area contributed by atoms with Gasteiger partial charge < -0.3 is 10.2 Å². The number of nitrogens with one attached hydrogen (secondary N) is 1. The Morgan fingerprint density at radius 1 is 1.08 bits per heavy atom. The lowest BCUT2D eigenvalue weighted by Gasteiger charge is -2.22. The van der Waals surface area contributed by atoms with E-state index in [-0.39, 0.29) is 30.6 Å².